The van der Waals surface area contributed by atoms with E-state index in [1.807, 2.05) is 0 Å². The molecule has 0 unspecified atom stereocenters. The lowest BCUT2D eigenvalue weighted by molar-refractivity contribution is 1.43. The Bertz CT molecular complexity index is 967. The predicted molar refractivity (Wildman–Crippen MR) is 115 cm³/mol. The van der Waals surface area contributed by atoms with Gasteiger partial charge in [-0.1, -0.05) is 90.5 Å². The summed E-state index contributed by atoms with van der Waals surface area (Å²) in [6.07, 6.45) is 0. The molecule has 0 amide bonds. The first-order valence-electron chi connectivity index (χ1n) is 9.14. The van der Waals surface area contributed by atoms with Crippen LogP contribution in [0.5, 0.6) is 0 Å². The topological polar surface area (TPSA) is 0 Å². The molecule has 0 N–H and O–H groups in total. The molecule has 0 bridgehead atoms. The number of rotatable bonds is 1. The Balaban J connectivity index is 0.000000152. The summed E-state index contributed by atoms with van der Waals surface area (Å²) in [4.78, 5) is 0. The minimum absolute atomic E-state index is 1.30. The summed E-state index contributed by atoms with van der Waals surface area (Å²) in [5, 5.41) is 2.75. The van der Waals surface area contributed by atoms with Gasteiger partial charge >= 0.3 is 0 Å². The van der Waals surface area contributed by atoms with E-state index in [9.17, 15) is 0 Å². The quantitative estimate of drug-likeness (QED) is 0.338. The molecule has 4 aromatic rings. The molecular formula is C26H26. The highest BCUT2D eigenvalue weighted by atomic mass is 14.0. The summed E-state index contributed by atoms with van der Waals surface area (Å²) in [5.41, 5.74) is 7.98. The SMILES string of the molecule is Cc1ccc(-c2ccccc2C)cc1.Cc1ccc(C)c2ccccc12. The monoisotopic (exact) mass is 338 g/mol. The van der Waals surface area contributed by atoms with Crippen molar-refractivity contribution >= 4 is 10.8 Å². The van der Waals surface area contributed by atoms with Gasteiger partial charge in [-0.3, -0.25) is 0 Å². The van der Waals surface area contributed by atoms with E-state index in [4.69, 9.17) is 0 Å². The lowest BCUT2D eigenvalue weighted by Gasteiger charge is -2.05. The lowest BCUT2D eigenvalue weighted by atomic mass is 10.00. The molecule has 0 aromatic heterocycles. The fraction of sp³-hybridized carbons (Fsp3) is 0.154. The summed E-state index contributed by atoms with van der Waals surface area (Å²) in [6, 6.07) is 30.0. The standard InChI is InChI=1S/C14H14.C12H12/c1-11-7-9-13(10-8-11)14-6-4-3-5-12(14)2;1-9-7-8-10(2)12-6-4-3-5-11(9)12/h3-10H,1-2H3;3-8H,1-2H3. The van der Waals surface area contributed by atoms with Crippen LogP contribution in [0.2, 0.25) is 0 Å². The van der Waals surface area contributed by atoms with Gasteiger partial charge in [-0.2, -0.15) is 0 Å². The van der Waals surface area contributed by atoms with Crippen LogP contribution < -0.4 is 0 Å². The van der Waals surface area contributed by atoms with Crippen LogP contribution >= 0.6 is 0 Å². The van der Waals surface area contributed by atoms with Gasteiger partial charge in [0.05, 0.1) is 0 Å². The van der Waals surface area contributed by atoms with Crippen molar-refractivity contribution in [1.29, 1.82) is 0 Å². The third kappa shape index (κ3) is 4.03. The van der Waals surface area contributed by atoms with Gasteiger partial charge in [0.2, 0.25) is 0 Å². The highest BCUT2D eigenvalue weighted by molar-refractivity contribution is 5.88. The van der Waals surface area contributed by atoms with Gasteiger partial charge in [0.25, 0.3) is 0 Å². The molecule has 0 heteroatoms. The van der Waals surface area contributed by atoms with Gasteiger partial charge in [0.1, 0.15) is 0 Å². The lowest BCUT2D eigenvalue weighted by Crippen LogP contribution is -1.82. The number of hydrogen-bond acceptors (Lipinski definition) is 0. The van der Waals surface area contributed by atoms with Crippen molar-refractivity contribution in [1.82, 2.24) is 0 Å². The van der Waals surface area contributed by atoms with Crippen LogP contribution in [0.15, 0.2) is 84.9 Å². The zero-order valence-electron chi connectivity index (χ0n) is 16.1. The minimum Gasteiger partial charge on any atom is -0.0620 e. The molecule has 0 aliphatic rings. The summed E-state index contributed by atoms with van der Waals surface area (Å²) in [5.74, 6) is 0. The molecule has 0 atom stereocenters. The van der Waals surface area contributed by atoms with Crippen molar-refractivity contribution in [3.8, 4) is 11.1 Å². The van der Waals surface area contributed by atoms with Crippen LogP contribution in [0.4, 0.5) is 0 Å². The second-order valence-electron chi connectivity index (χ2n) is 6.93. The maximum absolute atomic E-state index is 2.18. The average molecular weight is 338 g/mol. The van der Waals surface area contributed by atoms with Crippen LogP contribution in [-0.2, 0) is 0 Å². The van der Waals surface area contributed by atoms with Crippen molar-refractivity contribution in [3.05, 3.63) is 107 Å². The molecule has 4 rings (SSSR count). The molecule has 0 saturated carbocycles. The third-order valence-corrected chi connectivity index (χ3v) is 4.87. The summed E-state index contributed by atoms with van der Waals surface area (Å²) in [7, 11) is 0. The van der Waals surface area contributed by atoms with E-state index in [0.29, 0.717) is 0 Å². The zero-order valence-corrected chi connectivity index (χ0v) is 16.1. The van der Waals surface area contributed by atoms with Crippen molar-refractivity contribution in [2.24, 2.45) is 0 Å². The fourth-order valence-corrected chi connectivity index (χ4v) is 3.23. The largest absolute Gasteiger partial charge is 0.0620 e. The van der Waals surface area contributed by atoms with Crippen molar-refractivity contribution < 1.29 is 0 Å². The number of fused-ring (bicyclic) bond motifs is 1. The van der Waals surface area contributed by atoms with Gasteiger partial charge in [0, 0.05) is 0 Å². The van der Waals surface area contributed by atoms with E-state index >= 15 is 0 Å². The van der Waals surface area contributed by atoms with Crippen LogP contribution in [0.3, 0.4) is 0 Å². The Morgan fingerprint density at radius 2 is 0.923 bits per heavy atom. The third-order valence-electron chi connectivity index (χ3n) is 4.87. The normalized spacial score (nSPS) is 10.3. The van der Waals surface area contributed by atoms with Gasteiger partial charge in [0.15, 0.2) is 0 Å². The van der Waals surface area contributed by atoms with E-state index in [1.54, 1.807) is 0 Å². The molecule has 0 saturated heterocycles. The molecule has 4 aromatic carbocycles. The van der Waals surface area contributed by atoms with Crippen LogP contribution in [0, 0.1) is 27.7 Å². The minimum atomic E-state index is 1.30. The maximum Gasteiger partial charge on any atom is -0.0152 e. The van der Waals surface area contributed by atoms with Crippen LogP contribution in [0.25, 0.3) is 21.9 Å². The zero-order chi connectivity index (χ0) is 18.5. The first-order chi connectivity index (χ1) is 12.6. The van der Waals surface area contributed by atoms with Gasteiger partial charge in [-0.05, 0) is 66.3 Å². The second kappa shape index (κ2) is 8.01. The van der Waals surface area contributed by atoms with E-state index in [-0.39, 0.29) is 0 Å². The Hall–Kier alpha value is -2.86. The average Bonchev–Trinajstić information content (AvgIpc) is 2.67. The molecule has 0 nitrogen and oxygen atoms in total. The highest BCUT2D eigenvalue weighted by Crippen LogP contribution is 2.23. The molecule has 0 aliphatic carbocycles. The van der Waals surface area contributed by atoms with E-state index in [2.05, 4.69) is 113 Å². The van der Waals surface area contributed by atoms with Gasteiger partial charge in [-0.25, -0.2) is 0 Å². The van der Waals surface area contributed by atoms with E-state index in [0.717, 1.165) is 0 Å². The molecule has 0 radical (unpaired) electrons. The van der Waals surface area contributed by atoms with Gasteiger partial charge < -0.3 is 0 Å². The number of benzene rings is 4. The van der Waals surface area contributed by atoms with E-state index < -0.39 is 0 Å². The Morgan fingerprint density at radius 3 is 1.46 bits per heavy atom. The second-order valence-corrected chi connectivity index (χ2v) is 6.93. The maximum atomic E-state index is 2.18. The number of aryl methyl sites for hydroxylation is 4. The van der Waals surface area contributed by atoms with Crippen molar-refractivity contribution in [3.63, 3.8) is 0 Å². The van der Waals surface area contributed by atoms with Crippen molar-refractivity contribution in [2.45, 2.75) is 27.7 Å². The summed E-state index contributed by atoms with van der Waals surface area (Å²) < 4.78 is 0. The molecule has 0 spiro atoms. The summed E-state index contributed by atoms with van der Waals surface area (Å²) in [6.45, 7) is 8.57. The molecule has 0 fully saturated rings. The van der Waals surface area contributed by atoms with E-state index in [1.165, 1.54) is 44.2 Å². The Labute approximate surface area is 157 Å². The molecular weight excluding hydrogens is 312 g/mol. The first-order valence-corrected chi connectivity index (χ1v) is 9.14. The first kappa shape index (κ1) is 17.9. The molecule has 0 heterocycles. The van der Waals surface area contributed by atoms with Crippen LogP contribution in [-0.4, -0.2) is 0 Å². The Kier molecular flexibility index (Phi) is 5.53. The van der Waals surface area contributed by atoms with Crippen LogP contribution in [0.1, 0.15) is 22.3 Å². The van der Waals surface area contributed by atoms with Gasteiger partial charge in [-0.15, -0.1) is 0 Å². The molecule has 26 heavy (non-hydrogen) atoms. The highest BCUT2D eigenvalue weighted by Gasteiger charge is 1.99. The number of hydrogen-bond donors (Lipinski definition) is 0. The smallest absolute Gasteiger partial charge is 0.0152 e. The fourth-order valence-electron chi connectivity index (χ4n) is 3.23. The molecule has 0 aliphatic heterocycles. The predicted octanol–water partition coefficient (Wildman–Crippen LogP) is 7.43. The molecule has 130 valence electrons. The summed E-state index contributed by atoms with van der Waals surface area (Å²) >= 11 is 0. The Morgan fingerprint density at radius 1 is 0.423 bits per heavy atom. The van der Waals surface area contributed by atoms with Crippen molar-refractivity contribution in [2.75, 3.05) is 0 Å².